The van der Waals surface area contributed by atoms with Crippen molar-refractivity contribution in [2.24, 2.45) is 0 Å². The molecule has 0 aliphatic heterocycles. The van der Waals surface area contributed by atoms with E-state index in [4.69, 9.17) is 0 Å². The van der Waals surface area contributed by atoms with Crippen molar-refractivity contribution in [1.29, 1.82) is 0 Å². The summed E-state index contributed by atoms with van der Waals surface area (Å²) in [7, 11) is 0. The number of aryl methyl sites for hydroxylation is 1. The van der Waals surface area contributed by atoms with Crippen LogP contribution in [0.4, 0.5) is 5.69 Å². The van der Waals surface area contributed by atoms with Crippen molar-refractivity contribution in [3.05, 3.63) is 29.8 Å². The van der Waals surface area contributed by atoms with Crippen LogP contribution in [0.2, 0.25) is 0 Å². The average molecular weight is 234 g/mol. The van der Waals surface area contributed by atoms with Crippen LogP contribution in [0.25, 0.3) is 0 Å². The number of hydrogen-bond acceptors (Lipinski definition) is 2. The predicted octanol–water partition coefficient (Wildman–Crippen LogP) is 1.71. The van der Waals surface area contributed by atoms with Gasteiger partial charge < -0.3 is 10.6 Å². The third-order valence-electron chi connectivity index (χ3n) is 2.27. The maximum atomic E-state index is 11.4. The molecule has 0 bridgehead atoms. The van der Waals surface area contributed by atoms with Crippen LogP contribution in [0.15, 0.2) is 24.3 Å². The molecular weight excluding hydrogens is 216 g/mol. The molecule has 0 unspecified atom stereocenters. The van der Waals surface area contributed by atoms with Gasteiger partial charge in [0.15, 0.2) is 0 Å². The number of hydrogen-bond donors (Lipinski definition) is 2. The van der Waals surface area contributed by atoms with Gasteiger partial charge in [0, 0.05) is 12.6 Å². The molecule has 2 N–H and O–H groups in total. The van der Waals surface area contributed by atoms with Gasteiger partial charge in [-0.2, -0.15) is 0 Å². The molecule has 4 heteroatoms. The summed E-state index contributed by atoms with van der Waals surface area (Å²) in [6.07, 6.45) is 2.15. The summed E-state index contributed by atoms with van der Waals surface area (Å²) in [6, 6.07) is 7.74. The summed E-state index contributed by atoms with van der Waals surface area (Å²) in [5.41, 5.74) is 2.01. The molecule has 0 aliphatic carbocycles. The molecule has 1 aromatic rings. The first-order valence-electron chi connectivity index (χ1n) is 5.75. The lowest BCUT2D eigenvalue weighted by Crippen LogP contribution is -2.31. The Kier molecular flexibility index (Phi) is 5.20. The fraction of sp³-hybridized carbons (Fsp3) is 0.385. The Morgan fingerprint density at radius 3 is 2.35 bits per heavy atom. The van der Waals surface area contributed by atoms with Crippen LogP contribution in [0.3, 0.4) is 0 Å². The molecular formula is C13H18N2O2. The summed E-state index contributed by atoms with van der Waals surface area (Å²) >= 11 is 0. The minimum Gasteiger partial charge on any atom is -0.347 e. The van der Waals surface area contributed by atoms with Gasteiger partial charge in [0.2, 0.25) is 11.8 Å². The number of carbonyl (C=O) groups excluding carboxylic acids is 2. The van der Waals surface area contributed by atoms with Crippen molar-refractivity contribution in [3.63, 3.8) is 0 Å². The maximum Gasteiger partial charge on any atom is 0.243 e. The highest BCUT2D eigenvalue weighted by Crippen LogP contribution is 2.10. The second-order valence-corrected chi connectivity index (χ2v) is 3.90. The van der Waals surface area contributed by atoms with E-state index in [1.807, 2.05) is 24.3 Å². The van der Waals surface area contributed by atoms with Crippen molar-refractivity contribution >= 4 is 17.5 Å². The van der Waals surface area contributed by atoms with Gasteiger partial charge in [-0.05, 0) is 24.1 Å². The Bertz CT molecular complexity index is 385. The van der Waals surface area contributed by atoms with Crippen LogP contribution in [0, 0.1) is 0 Å². The van der Waals surface area contributed by atoms with Crippen LogP contribution < -0.4 is 10.6 Å². The van der Waals surface area contributed by atoms with E-state index >= 15 is 0 Å². The van der Waals surface area contributed by atoms with E-state index in [0.717, 1.165) is 18.5 Å². The van der Waals surface area contributed by atoms with Crippen molar-refractivity contribution in [3.8, 4) is 0 Å². The van der Waals surface area contributed by atoms with Gasteiger partial charge >= 0.3 is 0 Å². The van der Waals surface area contributed by atoms with E-state index in [0.29, 0.717) is 0 Å². The topological polar surface area (TPSA) is 58.2 Å². The standard InChI is InChI=1S/C13H18N2O2/c1-3-4-11-5-7-12(8-6-11)15-13(17)9-14-10(2)16/h5-8H,3-4,9H2,1-2H3,(H,14,16)(H,15,17). The lowest BCUT2D eigenvalue weighted by atomic mass is 10.1. The second kappa shape index (κ2) is 6.68. The number of amides is 2. The van der Waals surface area contributed by atoms with Gasteiger partial charge in [0.05, 0.1) is 6.54 Å². The molecule has 4 nitrogen and oxygen atoms in total. The Hall–Kier alpha value is -1.84. The highest BCUT2D eigenvalue weighted by Gasteiger charge is 2.02. The Morgan fingerprint density at radius 1 is 1.18 bits per heavy atom. The minimum atomic E-state index is -0.219. The number of rotatable bonds is 5. The molecule has 92 valence electrons. The van der Waals surface area contributed by atoms with Crippen molar-refractivity contribution in [2.75, 3.05) is 11.9 Å². The average Bonchev–Trinajstić information content (AvgIpc) is 2.29. The van der Waals surface area contributed by atoms with Crippen LogP contribution in [0.5, 0.6) is 0 Å². The summed E-state index contributed by atoms with van der Waals surface area (Å²) in [5.74, 6) is -0.429. The summed E-state index contributed by atoms with van der Waals surface area (Å²) in [6.45, 7) is 3.52. The number of nitrogens with one attached hydrogen (secondary N) is 2. The first-order valence-corrected chi connectivity index (χ1v) is 5.75. The summed E-state index contributed by atoms with van der Waals surface area (Å²) < 4.78 is 0. The van der Waals surface area contributed by atoms with E-state index < -0.39 is 0 Å². The van der Waals surface area contributed by atoms with Crippen LogP contribution in [-0.2, 0) is 16.0 Å². The molecule has 0 saturated heterocycles. The van der Waals surface area contributed by atoms with Gasteiger partial charge in [-0.1, -0.05) is 25.5 Å². The van der Waals surface area contributed by atoms with Crippen LogP contribution in [0.1, 0.15) is 25.8 Å². The van der Waals surface area contributed by atoms with E-state index in [9.17, 15) is 9.59 Å². The molecule has 0 saturated carbocycles. The zero-order valence-electron chi connectivity index (χ0n) is 10.2. The molecule has 0 spiro atoms. The monoisotopic (exact) mass is 234 g/mol. The third kappa shape index (κ3) is 5.15. The summed E-state index contributed by atoms with van der Waals surface area (Å²) in [5, 5.41) is 5.16. The highest BCUT2D eigenvalue weighted by atomic mass is 16.2. The van der Waals surface area contributed by atoms with Crippen LogP contribution in [-0.4, -0.2) is 18.4 Å². The molecule has 17 heavy (non-hydrogen) atoms. The molecule has 0 heterocycles. The van der Waals surface area contributed by atoms with Gasteiger partial charge in [0.25, 0.3) is 0 Å². The largest absolute Gasteiger partial charge is 0.347 e. The Morgan fingerprint density at radius 2 is 1.82 bits per heavy atom. The summed E-state index contributed by atoms with van der Waals surface area (Å²) in [4.78, 5) is 22.0. The van der Waals surface area contributed by atoms with Crippen molar-refractivity contribution in [1.82, 2.24) is 5.32 Å². The second-order valence-electron chi connectivity index (χ2n) is 3.90. The van der Waals surface area contributed by atoms with Crippen molar-refractivity contribution in [2.45, 2.75) is 26.7 Å². The lowest BCUT2D eigenvalue weighted by Gasteiger charge is -2.06. The van der Waals surface area contributed by atoms with E-state index in [-0.39, 0.29) is 18.4 Å². The molecule has 0 radical (unpaired) electrons. The molecule has 2 amide bonds. The molecule has 1 rings (SSSR count). The molecule has 0 aromatic heterocycles. The van der Waals surface area contributed by atoms with Gasteiger partial charge in [-0.15, -0.1) is 0 Å². The highest BCUT2D eigenvalue weighted by molar-refractivity contribution is 5.94. The Labute approximate surface area is 101 Å². The smallest absolute Gasteiger partial charge is 0.243 e. The maximum absolute atomic E-state index is 11.4. The van der Waals surface area contributed by atoms with E-state index in [1.54, 1.807) is 0 Å². The van der Waals surface area contributed by atoms with Crippen LogP contribution >= 0.6 is 0 Å². The number of anilines is 1. The van der Waals surface area contributed by atoms with Gasteiger partial charge in [-0.25, -0.2) is 0 Å². The fourth-order valence-corrected chi connectivity index (χ4v) is 1.45. The Balaban J connectivity index is 2.45. The molecule has 1 aromatic carbocycles. The first-order chi connectivity index (χ1) is 8.11. The lowest BCUT2D eigenvalue weighted by molar-refractivity contribution is -0.122. The molecule has 0 aliphatic rings. The number of benzene rings is 1. The molecule has 0 fully saturated rings. The van der Waals surface area contributed by atoms with E-state index in [1.165, 1.54) is 12.5 Å². The normalized spacial score (nSPS) is 9.76. The van der Waals surface area contributed by atoms with E-state index in [2.05, 4.69) is 17.6 Å². The third-order valence-corrected chi connectivity index (χ3v) is 2.27. The fourth-order valence-electron chi connectivity index (χ4n) is 1.45. The zero-order valence-corrected chi connectivity index (χ0v) is 10.2. The minimum absolute atomic E-state index is 0.00600. The van der Waals surface area contributed by atoms with Gasteiger partial charge in [-0.3, -0.25) is 9.59 Å². The van der Waals surface area contributed by atoms with Crippen molar-refractivity contribution < 1.29 is 9.59 Å². The predicted molar refractivity (Wildman–Crippen MR) is 67.8 cm³/mol. The quantitative estimate of drug-likeness (QED) is 0.815. The zero-order chi connectivity index (χ0) is 12.7. The molecule has 0 atom stereocenters. The number of carbonyl (C=O) groups is 2. The SMILES string of the molecule is CCCc1ccc(NC(=O)CNC(C)=O)cc1. The van der Waals surface area contributed by atoms with Gasteiger partial charge in [0.1, 0.15) is 0 Å². The first kappa shape index (κ1) is 13.2.